The van der Waals surface area contributed by atoms with Crippen molar-refractivity contribution in [2.75, 3.05) is 13.2 Å². The molecule has 0 saturated carbocycles. The van der Waals surface area contributed by atoms with E-state index in [-0.39, 0.29) is 0 Å². The summed E-state index contributed by atoms with van der Waals surface area (Å²) in [7, 11) is 0. The zero-order valence-corrected chi connectivity index (χ0v) is 13.2. The van der Waals surface area contributed by atoms with Gasteiger partial charge < -0.3 is 10.1 Å². The maximum absolute atomic E-state index is 5.88. The molecule has 1 aromatic carbocycles. The van der Waals surface area contributed by atoms with Gasteiger partial charge >= 0.3 is 0 Å². The van der Waals surface area contributed by atoms with E-state index in [0.717, 1.165) is 42.8 Å². The second-order valence-corrected chi connectivity index (χ2v) is 5.81. The van der Waals surface area contributed by atoms with Gasteiger partial charge in [0, 0.05) is 12.1 Å². The number of rotatable bonds is 8. The fourth-order valence-corrected chi connectivity index (χ4v) is 2.19. The lowest BCUT2D eigenvalue weighted by Gasteiger charge is -2.14. The van der Waals surface area contributed by atoms with Crippen molar-refractivity contribution in [1.29, 1.82) is 0 Å². The van der Waals surface area contributed by atoms with Crippen molar-refractivity contribution in [2.45, 2.75) is 40.2 Å². The van der Waals surface area contributed by atoms with Crippen molar-refractivity contribution in [3.8, 4) is 5.75 Å². The minimum Gasteiger partial charge on any atom is -0.492 e. The minimum atomic E-state index is 0.668. The van der Waals surface area contributed by atoms with Crippen LogP contribution >= 0.6 is 15.9 Å². The molecule has 3 heteroatoms. The molecule has 0 saturated heterocycles. The normalized spacial score (nSPS) is 10.9. The Bertz CT molecular complexity index is 352. The number of halogens is 1. The lowest BCUT2D eigenvalue weighted by molar-refractivity contribution is 0.303. The van der Waals surface area contributed by atoms with Gasteiger partial charge in [-0.2, -0.15) is 0 Å². The maximum atomic E-state index is 5.88. The quantitative estimate of drug-likeness (QED) is 0.719. The van der Waals surface area contributed by atoms with E-state index in [9.17, 15) is 0 Å². The predicted octanol–water partition coefficient (Wildman–Crippen LogP) is 4.37. The minimum absolute atomic E-state index is 0.668. The van der Waals surface area contributed by atoms with Crippen molar-refractivity contribution in [3.05, 3.63) is 28.2 Å². The topological polar surface area (TPSA) is 21.3 Å². The van der Waals surface area contributed by atoms with Gasteiger partial charge in [0.15, 0.2) is 0 Å². The molecule has 0 aliphatic carbocycles. The first-order valence-corrected chi connectivity index (χ1v) is 7.55. The van der Waals surface area contributed by atoms with Gasteiger partial charge in [-0.25, -0.2) is 0 Å². The van der Waals surface area contributed by atoms with Crippen LogP contribution in [-0.4, -0.2) is 13.2 Å². The van der Waals surface area contributed by atoms with E-state index in [0.29, 0.717) is 5.92 Å². The summed E-state index contributed by atoms with van der Waals surface area (Å²) >= 11 is 3.57. The standard InChI is InChI=1S/C15H24BrNO/c1-4-5-9-18-15-13(7-6-8-14(15)16)11-17-10-12(2)3/h6-8,12,17H,4-5,9-11H2,1-3H3. The number of benzene rings is 1. The SMILES string of the molecule is CCCCOc1c(Br)cccc1CNCC(C)C. The summed E-state index contributed by atoms with van der Waals surface area (Å²) in [5.41, 5.74) is 1.22. The summed E-state index contributed by atoms with van der Waals surface area (Å²) < 4.78 is 6.92. The smallest absolute Gasteiger partial charge is 0.137 e. The molecule has 0 amide bonds. The number of ether oxygens (including phenoxy) is 1. The molecular weight excluding hydrogens is 290 g/mol. The molecule has 0 spiro atoms. The van der Waals surface area contributed by atoms with Crippen molar-refractivity contribution in [3.63, 3.8) is 0 Å². The lowest BCUT2D eigenvalue weighted by Crippen LogP contribution is -2.19. The number of hydrogen-bond donors (Lipinski definition) is 1. The molecule has 0 unspecified atom stereocenters. The molecule has 0 radical (unpaired) electrons. The Kier molecular flexibility index (Phi) is 7.36. The molecule has 0 aliphatic rings. The monoisotopic (exact) mass is 313 g/mol. The summed E-state index contributed by atoms with van der Waals surface area (Å²) in [6, 6.07) is 6.22. The van der Waals surface area contributed by atoms with E-state index in [2.05, 4.69) is 54.2 Å². The molecule has 1 aromatic rings. The molecule has 0 fully saturated rings. The Morgan fingerprint density at radius 2 is 2.11 bits per heavy atom. The van der Waals surface area contributed by atoms with Crippen molar-refractivity contribution in [1.82, 2.24) is 5.32 Å². The average molecular weight is 314 g/mol. The highest BCUT2D eigenvalue weighted by Gasteiger charge is 2.07. The first kappa shape index (κ1) is 15.5. The van der Waals surface area contributed by atoms with Gasteiger partial charge in [0.2, 0.25) is 0 Å². The van der Waals surface area contributed by atoms with E-state index in [4.69, 9.17) is 4.74 Å². The van der Waals surface area contributed by atoms with Crippen LogP contribution in [-0.2, 0) is 6.54 Å². The summed E-state index contributed by atoms with van der Waals surface area (Å²) in [5.74, 6) is 1.66. The van der Waals surface area contributed by atoms with E-state index in [1.807, 2.05) is 6.07 Å². The van der Waals surface area contributed by atoms with Crippen molar-refractivity contribution in [2.24, 2.45) is 5.92 Å². The molecule has 2 nitrogen and oxygen atoms in total. The van der Waals surface area contributed by atoms with E-state index < -0.39 is 0 Å². The van der Waals surface area contributed by atoms with Gasteiger partial charge in [0.1, 0.15) is 5.75 Å². The molecule has 0 heterocycles. The largest absolute Gasteiger partial charge is 0.492 e. The van der Waals surface area contributed by atoms with Crippen LogP contribution in [0.1, 0.15) is 39.2 Å². The molecule has 1 N–H and O–H groups in total. The van der Waals surface area contributed by atoms with Crippen molar-refractivity contribution >= 4 is 15.9 Å². The van der Waals surface area contributed by atoms with Crippen LogP contribution in [0.2, 0.25) is 0 Å². The van der Waals surface area contributed by atoms with Gasteiger partial charge in [-0.1, -0.05) is 39.3 Å². The number of para-hydroxylation sites is 1. The van der Waals surface area contributed by atoms with Crippen LogP contribution in [0.3, 0.4) is 0 Å². The highest BCUT2D eigenvalue weighted by Crippen LogP contribution is 2.29. The Labute approximate surface area is 119 Å². The zero-order chi connectivity index (χ0) is 13.4. The van der Waals surface area contributed by atoms with Gasteiger partial charge in [-0.15, -0.1) is 0 Å². The molecule has 0 aromatic heterocycles. The maximum Gasteiger partial charge on any atom is 0.137 e. The average Bonchev–Trinajstić information content (AvgIpc) is 2.32. The second-order valence-electron chi connectivity index (χ2n) is 4.95. The molecule has 0 atom stereocenters. The summed E-state index contributed by atoms with van der Waals surface area (Å²) in [4.78, 5) is 0. The molecule has 102 valence electrons. The fraction of sp³-hybridized carbons (Fsp3) is 0.600. The Balaban J connectivity index is 2.61. The Hall–Kier alpha value is -0.540. The zero-order valence-electron chi connectivity index (χ0n) is 11.6. The Morgan fingerprint density at radius 3 is 2.78 bits per heavy atom. The van der Waals surface area contributed by atoms with Gasteiger partial charge in [-0.05, 0) is 40.9 Å². The number of nitrogens with one attached hydrogen (secondary N) is 1. The van der Waals surface area contributed by atoms with Crippen LogP contribution in [0, 0.1) is 5.92 Å². The van der Waals surface area contributed by atoms with E-state index in [1.165, 1.54) is 5.56 Å². The highest BCUT2D eigenvalue weighted by molar-refractivity contribution is 9.10. The van der Waals surface area contributed by atoms with Crippen LogP contribution in [0.25, 0.3) is 0 Å². The van der Waals surface area contributed by atoms with Crippen LogP contribution < -0.4 is 10.1 Å². The Morgan fingerprint density at radius 1 is 1.33 bits per heavy atom. The highest BCUT2D eigenvalue weighted by atomic mass is 79.9. The molecule has 0 bridgehead atoms. The summed E-state index contributed by atoms with van der Waals surface area (Å²) in [6.07, 6.45) is 2.26. The third-order valence-corrected chi connectivity index (χ3v) is 3.29. The molecular formula is C15H24BrNO. The van der Waals surface area contributed by atoms with Crippen LogP contribution in [0.5, 0.6) is 5.75 Å². The lowest BCUT2D eigenvalue weighted by atomic mass is 10.2. The van der Waals surface area contributed by atoms with E-state index >= 15 is 0 Å². The second kappa shape index (κ2) is 8.54. The van der Waals surface area contributed by atoms with Gasteiger partial charge in [0.25, 0.3) is 0 Å². The van der Waals surface area contributed by atoms with Crippen LogP contribution in [0.4, 0.5) is 0 Å². The number of hydrogen-bond acceptors (Lipinski definition) is 2. The third-order valence-electron chi connectivity index (χ3n) is 2.66. The first-order valence-electron chi connectivity index (χ1n) is 6.76. The van der Waals surface area contributed by atoms with Gasteiger partial charge in [0.05, 0.1) is 11.1 Å². The van der Waals surface area contributed by atoms with E-state index in [1.54, 1.807) is 0 Å². The number of unbranched alkanes of at least 4 members (excludes halogenated alkanes) is 1. The first-order chi connectivity index (χ1) is 8.65. The third kappa shape index (κ3) is 5.40. The fourth-order valence-electron chi connectivity index (χ4n) is 1.67. The predicted molar refractivity (Wildman–Crippen MR) is 81.1 cm³/mol. The van der Waals surface area contributed by atoms with Gasteiger partial charge in [-0.3, -0.25) is 0 Å². The molecule has 0 aliphatic heterocycles. The molecule has 1 rings (SSSR count). The summed E-state index contributed by atoms with van der Waals surface area (Å²) in [5, 5.41) is 3.46. The van der Waals surface area contributed by atoms with Crippen LogP contribution in [0.15, 0.2) is 22.7 Å². The summed E-state index contributed by atoms with van der Waals surface area (Å²) in [6.45, 7) is 9.28. The van der Waals surface area contributed by atoms with Crippen molar-refractivity contribution < 1.29 is 4.74 Å². The molecule has 18 heavy (non-hydrogen) atoms.